The van der Waals surface area contributed by atoms with Gasteiger partial charge in [-0.25, -0.2) is 5.43 Å². The van der Waals surface area contributed by atoms with E-state index >= 15 is 0 Å². The Labute approximate surface area is 140 Å². The Bertz CT molecular complexity index is 895. The summed E-state index contributed by atoms with van der Waals surface area (Å²) >= 11 is 0.932. The smallest absolute Gasteiger partial charge is 0.293 e. The van der Waals surface area contributed by atoms with E-state index in [0.717, 1.165) is 29.1 Å². The summed E-state index contributed by atoms with van der Waals surface area (Å²) < 4.78 is 19.8. The summed E-state index contributed by atoms with van der Waals surface area (Å²) in [7, 11) is 0. The first-order valence-electron chi connectivity index (χ1n) is 7.16. The van der Waals surface area contributed by atoms with Gasteiger partial charge in [-0.3, -0.25) is 9.48 Å². The monoisotopic (exact) mass is 347 g/mol. The molecule has 7 nitrogen and oxygen atoms in total. The molecule has 0 spiro atoms. The van der Waals surface area contributed by atoms with E-state index in [1.54, 1.807) is 10.7 Å². The van der Waals surface area contributed by atoms with E-state index in [2.05, 4.69) is 20.8 Å². The molecule has 0 saturated heterocycles. The van der Waals surface area contributed by atoms with Crippen LogP contribution < -0.4 is 5.43 Å². The Morgan fingerprint density at radius 3 is 3.04 bits per heavy atom. The van der Waals surface area contributed by atoms with Crippen LogP contribution in [-0.2, 0) is 6.54 Å². The van der Waals surface area contributed by atoms with E-state index in [0.29, 0.717) is 10.6 Å². The predicted molar refractivity (Wildman–Crippen MR) is 87.5 cm³/mol. The van der Waals surface area contributed by atoms with Crippen LogP contribution in [0.25, 0.3) is 11.3 Å². The maximum absolute atomic E-state index is 12.8. The summed E-state index contributed by atoms with van der Waals surface area (Å²) in [6, 6.07) is 4.42. The van der Waals surface area contributed by atoms with Gasteiger partial charge in [0.2, 0.25) is 0 Å². The molecule has 0 aromatic carbocycles. The summed E-state index contributed by atoms with van der Waals surface area (Å²) in [5.41, 5.74) is 3.99. The fourth-order valence-electron chi connectivity index (χ4n) is 2.04. The van der Waals surface area contributed by atoms with E-state index in [1.165, 1.54) is 18.3 Å². The molecule has 0 unspecified atom stereocenters. The Morgan fingerprint density at radius 2 is 2.38 bits per heavy atom. The van der Waals surface area contributed by atoms with Crippen molar-refractivity contribution in [3.63, 3.8) is 0 Å². The quantitative estimate of drug-likeness (QED) is 0.568. The molecule has 3 aromatic rings. The van der Waals surface area contributed by atoms with Gasteiger partial charge in [-0.1, -0.05) is 5.16 Å². The lowest BCUT2D eigenvalue weighted by molar-refractivity contribution is 0.0946. The van der Waals surface area contributed by atoms with Crippen molar-refractivity contribution in [3.8, 4) is 11.3 Å². The number of hydrazone groups is 1. The molecule has 3 heterocycles. The fraction of sp³-hybridized carbons (Fsp3) is 0.200. The number of aryl methyl sites for hydroxylation is 2. The number of amides is 1. The molecule has 124 valence electrons. The molecule has 0 bridgehead atoms. The van der Waals surface area contributed by atoms with E-state index in [9.17, 15) is 9.18 Å². The zero-order valence-corrected chi connectivity index (χ0v) is 13.8. The summed E-state index contributed by atoms with van der Waals surface area (Å²) in [5, 5.41) is 11.5. The van der Waals surface area contributed by atoms with Crippen LogP contribution in [0, 0.1) is 12.1 Å². The van der Waals surface area contributed by atoms with Crippen molar-refractivity contribution in [1.29, 1.82) is 0 Å². The first-order valence-corrected chi connectivity index (χ1v) is 7.98. The second-order valence-electron chi connectivity index (χ2n) is 4.90. The minimum Gasteiger partial charge on any atom is -0.355 e. The maximum Gasteiger partial charge on any atom is 0.293 e. The maximum atomic E-state index is 12.8. The number of carbonyl (C=O) groups is 1. The van der Waals surface area contributed by atoms with Crippen LogP contribution in [0.15, 0.2) is 34.0 Å². The Kier molecular flexibility index (Phi) is 4.52. The minimum atomic E-state index is -0.515. The fourth-order valence-corrected chi connectivity index (χ4v) is 2.64. The van der Waals surface area contributed by atoms with Crippen molar-refractivity contribution in [2.75, 3.05) is 0 Å². The second-order valence-corrected chi connectivity index (χ2v) is 5.97. The number of nitrogens with one attached hydrogen (secondary N) is 1. The molecule has 0 atom stereocenters. The SMILES string of the molecule is CCn1cc(-c2cc(C(=O)N/N=C/c3ccc(F)s3)no2)c(C)n1. The van der Waals surface area contributed by atoms with Crippen LogP contribution in [-0.4, -0.2) is 27.1 Å². The van der Waals surface area contributed by atoms with Crippen molar-refractivity contribution in [2.24, 2.45) is 5.10 Å². The summed E-state index contributed by atoms with van der Waals surface area (Å²) in [6.07, 6.45) is 3.20. The molecular formula is C15H14FN5O2S. The first-order chi connectivity index (χ1) is 11.6. The molecule has 0 aliphatic carbocycles. The highest BCUT2D eigenvalue weighted by Crippen LogP contribution is 2.23. The van der Waals surface area contributed by atoms with Crippen molar-refractivity contribution < 1.29 is 13.7 Å². The lowest BCUT2D eigenvalue weighted by Gasteiger charge is -1.92. The largest absolute Gasteiger partial charge is 0.355 e. The average Bonchev–Trinajstić information content (AvgIpc) is 3.27. The van der Waals surface area contributed by atoms with Gasteiger partial charge in [0.15, 0.2) is 16.6 Å². The van der Waals surface area contributed by atoms with Gasteiger partial charge in [-0.05, 0) is 26.0 Å². The standard InChI is InChI=1S/C15H14FN5O2S/c1-3-21-8-11(9(2)19-21)13-6-12(20-23-13)15(22)18-17-7-10-4-5-14(16)24-10/h4-8H,3H2,1-2H3,(H,18,22)/b17-7+. The van der Waals surface area contributed by atoms with Crippen LogP contribution >= 0.6 is 11.3 Å². The third-order valence-corrected chi connectivity index (χ3v) is 4.04. The zero-order valence-electron chi connectivity index (χ0n) is 13.0. The third kappa shape index (κ3) is 3.40. The van der Waals surface area contributed by atoms with Crippen LogP contribution in [0.4, 0.5) is 4.39 Å². The first kappa shape index (κ1) is 16.1. The number of nitrogens with zero attached hydrogens (tertiary/aromatic N) is 4. The van der Waals surface area contributed by atoms with E-state index in [-0.39, 0.29) is 10.8 Å². The van der Waals surface area contributed by atoms with Crippen LogP contribution in [0.1, 0.15) is 28.0 Å². The number of rotatable bonds is 5. The van der Waals surface area contributed by atoms with Crippen molar-refractivity contribution in [2.45, 2.75) is 20.4 Å². The van der Waals surface area contributed by atoms with E-state index in [1.807, 2.05) is 20.0 Å². The van der Waals surface area contributed by atoms with Gasteiger partial charge in [0.1, 0.15) is 0 Å². The lowest BCUT2D eigenvalue weighted by atomic mass is 10.2. The van der Waals surface area contributed by atoms with Gasteiger partial charge in [-0.15, -0.1) is 11.3 Å². The van der Waals surface area contributed by atoms with Crippen molar-refractivity contribution >= 4 is 23.5 Å². The highest BCUT2D eigenvalue weighted by molar-refractivity contribution is 7.12. The molecule has 3 aromatic heterocycles. The highest BCUT2D eigenvalue weighted by atomic mass is 32.1. The van der Waals surface area contributed by atoms with Crippen LogP contribution in [0.2, 0.25) is 0 Å². The zero-order chi connectivity index (χ0) is 17.1. The summed E-state index contributed by atoms with van der Waals surface area (Å²) in [6.45, 7) is 4.57. The Hall–Kier alpha value is -2.81. The lowest BCUT2D eigenvalue weighted by Crippen LogP contribution is -2.17. The Balaban J connectivity index is 1.69. The topological polar surface area (TPSA) is 85.3 Å². The number of aromatic nitrogens is 3. The van der Waals surface area contributed by atoms with E-state index in [4.69, 9.17) is 4.52 Å². The number of carbonyl (C=O) groups excluding carboxylic acids is 1. The number of halogens is 1. The molecular weight excluding hydrogens is 333 g/mol. The number of thiophene rings is 1. The molecule has 0 aliphatic heterocycles. The van der Waals surface area contributed by atoms with Crippen molar-refractivity contribution in [1.82, 2.24) is 20.4 Å². The minimum absolute atomic E-state index is 0.100. The van der Waals surface area contributed by atoms with Gasteiger partial charge >= 0.3 is 0 Å². The summed E-state index contributed by atoms with van der Waals surface area (Å²) in [5.74, 6) is -0.0551. The van der Waals surface area contributed by atoms with Gasteiger partial charge in [0.25, 0.3) is 5.91 Å². The molecule has 1 amide bonds. The predicted octanol–water partition coefficient (Wildman–Crippen LogP) is 2.83. The molecule has 0 aliphatic rings. The van der Waals surface area contributed by atoms with Crippen LogP contribution in [0.3, 0.4) is 0 Å². The van der Waals surface area contributed by atoms with Gasteiger partial charge in [0, 0.05) is 18.8 Å². The van der Waals surface area contributed by atoms with Gasteiger partial charge < -0.3 is 4.52 Å². The number of hydrogen-bond donors (Lipinski definition) is 1. The summed E-state index contributed by atoms with van der Waals surface area (Å²) in [4.78, 5) is 12.6. The molecule has 9 heteroatoms. The highest BCUT2D eigenvalue weighted by Gasteiger charge is 2.16. The second kappa shape index (κ2) is 6.75. The number of hydrogen-bond acceptors (Lipinski definition) is 6. The average molecular weight is 347 g/mol. The normalized spacial score (nSPS) is 11.3. The molecule has 0 fully saturated rings. The molecule has 3 rings (SSSR count). The molecule has 0 radical (unpaired) electrons. The van der Waals surface area contributed by atoms with Crippen molar-refractivity contribution in [3.05, 3.63) is 45.8 Å². The molecule has 1 N–H and O–H groups in total. The van der Waals surface area contributed by atoms with E-state index < -0.39 is 5.91 Å². The van der Waals surface area contributed by atoms with Gasteiger partial charge in [0.05, 0.1) is 22.3 Å². The third-order valence-electron chi connectivity index (χ3n) is 3.23. The molecule has 0 saturated carbocycles. The van der Waals surface area contributed by atoms with Crippen LogP contribution in [0.5, 0.6) is 0 Å². The van der Waals surface area contributed by atoms with Gasteiger partial charge in [-0.2, -0.15) is 14.6 Å². The Morgan fingerprint density at radius 1 is 1.54 bits per heavy atom. The molecule has 24 heavy (non-hydrogen) atoms.